The van der Waals surface area contributed by atoms with E-state index < -0.39 is 0 Å². The van der Waals surface area contributed by atoms with E-state index in [4.69, 9.17) is 4.74 Å². The smallest absolute Gasteiger partial charge is 0.251 e. The first-order chi connectivity index (χ1) is 13.9. The Labute approximate surface area is 173 Å². The number of likely N-dealkylation sites (N-methyl/N-ethyl adjacent to an activating group) is 1. The molecule has 0 aliphatic carbocycles. The van der Waals surface area contributed by atoms with E-state index in [-0.39, 0.29) is 29.9 Å². The standard InChI is InChI=1S/C22H34N4O3/c1-25(2)18-6-4-5-16(13-18)22(28)23-15-20-8-7-19(26(20)3)14-21(27)24-17-9-11-29-12-10-17/h4-6,13,17,19-20H,7-12,14-15H2,1-3H3,(H,23,28)(H,24,27)/t19-,20+/m1/s1. The molecule has 3 rings (SSSR count). The topological polar surface area (TPSA) is 73.9 Å². The lowest BCUT2D eigenvalue weighted by molar-refractivity contribution is -0.123. The van der Waals surface area contributed by atoms with Gasteiger partial charge in [0.2, 0.25) is 5.91 Å². The summed E-state index contributed by atoms with van der Waals surface area (Å²) in [4.78, 5) is 29.2. The van der Waals surface area contributed by atoms with Gasteiger partial charge in [-0.2, -0.15) is 0 Å². The Balaban J connectivity index is 1.44. The summed E-state index contributed by atoms with van der Waals surface area (Å²) in [5.74, 6) is 0.0711. The Morgan fingerprint density at radius 3 is 2.59 bits per heavy atom. The molecule has 7 heteroatoms. The van der Waals surface area contributed by atoms with Crippen molar-refractivity contribution in [3.63, 3.8) is 0 Å². The minimum atomic E-state index is -0.0530. The zero-order valence-corrected chi connectivity index (χ0v) is 17.8. The molecule has 0 bridgehead atoms. The van der Waals surface area contributed by atoms with Gasteiger partial charge < -0.3 is 20.3 Å². The summed E-state index contributed by atoms with van der Waals surface area (Å²) >= 11 is 0. The highest BCUT2D eigenvalue weighted by atomic mass is 16.5. The van der Waals surface area contributed by atoms with Crippen molar-refractivity contribution >= 4 is 17.5 Å². The van der Waals surface area contributed by atoms with E-state index in [2.05, 4.69) is 22.6 Å². The van der Waals surface area contributed by atoms with Crippen LogP contribution in [0, 0.1) is 0 Å². The van der Waals surface area contributed by atoms with Gasteiger partial charge in [-0.05, 0) is 50.9 Å². The van der Waals surface area contributed by atoms with Gasteiger partial charge in [-0.3, -0.25) is 14.5 Å². The molecule has 1 aromatic carbocycles. The predicted molar refractivity (Wildman–Crippen MR) is 114 cm³/mol. The van der Waals surface area contributed by atoms with Gasteiger partial charge in [-0.25, -0.2) is 0 Å². The third kappa shape index (κ3) is 5.93. The normalized spacial score (nSPS) is 23.0. The van der Waals surface area contributed by atoms with Gasteiger partial charge in [-0.15, -0.1) is 0 Å². The largest absolute Gasteiger partial charge is 0.381 e. The van der Waals surface area contributed by atoms with Crippen LogP contribution < -0.4 is 15.5 Å². The molecule has 2 aliphatic rings. The van der Waals surface area contributed by atoms with Crippen LogP contribution in [0.3, 0.4) is 0 Å². The summed E-state index contributed by atoms with van der Waals surface area (Å²) < 4.78 is 5.35. The van der Waals surface area contributed by atoms with Crippen LogP contribution in [0.2, 0.25) is 0 Å². The van der Waals surface area contributed by atoms with Crippen molar-refractivity contribution in [1.82, 2.24) is 15.5 Å². The monoisotopic (exact) mass is 402 g/mol. The number of nitrogens with one attached hydrogen (secondary N) is 2. The molecule has 2 fully saturated rings. The number of carbonyl (C=O) groups is 2. The quantitative estimate of drug-likeness (QED) is 0.725. The average molecular weight is 403 g/mol. The fourth-order valence-corrected chi connectivity index (χ4v) is 4.16. The summed E-state index contributed by atoms with van der Waals surface area (Å²) in [6.07, 6.45) is 4.28. The van der Waals surface area contributed by atoms with Crippen molar-refractivity contribution in [2.75, 3.05) is 45.8 Å². The fraction of sp³-hybridized carbons (Fsp3) is 0.636. The van der Waals surface area contributed by atoms with Crippen molar-refractivity contribution in [2.24, 2.45) is 0 Å². The van der Waals surface area contributed by atoms with Crippen LogP contribution in [0.15, 0.2) is 24.3 Å². The molecule has 0 saturated carbocycles. The summed E-state index contributed by atoms with van der Waals surface area (Å²) in [6, 6.07) is 8.36. The molecule has 2 heterocycles. The first-order valence-electron chi connectivity index (χ1n) is 10.6. The molecule has 0 radical (unpaired) electrons. The van der Waals surface area contributed by atoms with E-state index in [1.54, 1.807) is 0 Å². The Morgan fingerprint density at radius 2 is 1.86 bits per heavy atom. The zero-order chi connectivity index (χ0) is 20.8. The molecule has 1 aromatic rings. The van der Waals surface area contributed by atoms with Crippen LogP contribution in [0.25, 0.3) is 0 Å². The molecule has 0 spiro atoms. The SMILES string of the molecule is CN(C)c1cccc(C(=O)NC[C@@H]2CC[C@H](CC(=O)NC3CCOCC3)N2C)c1. The van der Waals surface area contributed by atoms with E-state index in [0.717, 1.165) is 44.6 Å². The third-order valence-corrected chi connectivity index (χ3v) is 6.12. The Morgan fingerprint density at radius 1 is 1.14 bits per heavy atom. The number of hydrogen-bond acceptors (Lipinski definition) is 5. The molecular weight excluding hydrogens is 368 g/mol. The van der Waals surface area contributed by atoms with Crippen LogP contribution >= 0.6 is 0 Å². The first-order valence-corrected chi connectivity index (χ1v) is 10.6. The first kappa shape index (κ1) is 21.6. The number of carbonyl (C=O) groups excluding carboxylic acids is 2. The number of anilines is 1. The van der Waals surface area contributed by atoms with Crippen molar-refractivity contribution in [3.05, 3.63) is 29.8 Å². The molecule has 2 amide bonds. The molecule has 29 heavy (non-hydrogen) atoms. The molecule has 160 valence electrons. The Bertz CT molecular complexity index is 703. The van der Waals surface area contributed by atoms with Gasteiger partial charge in [0.05, 0.1) is 0 Å². The number of hydrogen-bond donors (Lipinski definition) is 2. The molecule has 2 atom stereocenters. The molecule has 2 saturated heterocycles. The van der Waals surface area contributed by atoms with Crippen molar-refractivity contribution in [2.45, 2.75) is 50.2 Å². The maximum absolute atomic E-state index is 12.5. The van der Waals surface area contributed by atoms with Crippen LogP contribution in [-0.2, 0) is 9.53 Å². The van der Waals surface area contributed by atoms with Crippen molar-refractivity contribution in [3.8, 4) is 0 Å². The summed E-state index contributed by atoms with van der Waals surface area (Å²) in [6.45, 7) is 2.06. The van der Waals surface area contributed by atoms with Crippen LogP contribution in [-0.4, -0.2) is 75.7 Å². The lowest BCUT2D eigenvalue weighted by atomic mass is 10.1. The molecule has 0 unspecified atom stereocenters. The van der Waals surface area contributed by atoms with Gasteiger partial charge in [0.15, 0.2) is 0 Å². The maximum atomic E-state index is 12.5. The molecule has 7 nitrogen and oxygen atoms in total. The maximum Gasteiger partial charge on any atom is 0.251 e. The molecule has 0 aromatic heterocycles. The fourth-order valence-electron chi connectivity index (χ4n) is 4.16. The van der Waals surface area contributed by atoms with Crippen LogP contribution in [0.1, 0.15) is 42.5 Å². The Hall–Kier alpha value is -2.12. The van der Waals surface area contributed by atoms with E-state index >= 15 is 0 Å². The zero-order valence-electron chi connectivity index (χ0n) is 17.8. The van der Waals surface area contributed by atoms with E-state index in [1.165, 1.54) is 0 Å². The van der Waals surface area contributed by atoms with E-state index in [9.17, 15) is 9.59 Å². The van der Waals surface area contributed by atoms with Gasteiger partial charge in [0, 0.05) is 69.7 Å². The second kappa shape index (κ2) is 10.1. The highest BCUT2D eigenvalue weighted by molar-refractivity contribution is 5.95. The van der Waals surface area contributed by atoms with Crippen LogP contribution in [0.4, 0.5) is 5.69 Å². The van der Waals surface area contributed by atoms with Crippen molar-refractivity contribution in [1.29, 1.82) is 0 Å². The minimum Gasteiger partial charge on any atom is -0.381 e. The lowest BCUT2D eigenvalue weighted by Gasteiger charge is -2.27. The molecule has 2 N–H and O–H groups in total. The summed E-state index contributed by atoms with van der Waals surface area (Å²) in [7, 11) is 5.98. The number of rotatable bonds is 7. The second-order valence-electron chi connectivity index (χ2n) is 8.36. The molecular formula is C22H34N4O3. The second-order valence-corrected chi connectivity index (χ2v) is 8.36. The summed E-state index contributed by atoms with van der Waals surface area (Å²) in [5, 5.41) is 6.21. The lowest BCUT2D eigenvalue weighted by Crippen LogP contribution is -2.44. The predicted octanol–water partition coefficient (Wildman–Crippen LogP) is 1.63. The summed E-state index contributed by atoms with van der Waals surface area (Å²) in [5.41, 5.74) is 1.68. The number of likely N-dealkylation sites (tertiary alicyclic amines) is 1. The minimum absolute atomic E-state index is 0.0530. The molecule has 2 aliphatic heterocycles. The van der Waals surface area contributed by atoms with E-state index in [0.29, 0.717) is 18.5 Å². The third-order valence-electron chi connectivity index (χ3n) is 6.12. The van der Waals surface area contributed by atoms with Gasteiger partial charge in [0.25, 0.3) is 5.91 Å². The Kier molecular flexibility index (Phi) is 7.50. The number of amides is 2. The van der Waals surface area contributed by atoms with E-state index in [1.807, 2.05) is 43.3 Å². The highest BCUT2D eigenvalue weighted by Gasteiger charge is 2.32. The van der Waals surface area contributed by atoms with Crippen LogP contribution in [0.5, 0.6) is 0 Å². The number of nitrogens with zero attached hydrogens (tertiary/aromatic N) is 2. The van der Waals surface area contributed by atoms with Gasteiger partial charge >= 0.3 is 0 Å². The highest BCUT2D eigenvalue weighted by Crippen LogP contribution is 2.24. The van der Waals surface area contributed by atoms with Gasteiger partial charge in [-0.1, -0.05) is 6.07 Å². The van der Waals surface area contributed by atoms with Crippen molar-refractivity contribution < 1.29 is 14.3 Å². The van der Waals surface area contributed by atoms with Gasteiger partial charge in [0.1, 0.15) is 0 Å². The number of ether oxygens (including phenoxy) is 1. The average Bonchev–Trinajstić information content (AvgIpc) is 3.06. The number of benzene rings is 1.